The molecule has 3 N–H and O–H groups in total. The minimum atomic E-state index is -3.35. The summed E-state index contributed by atoms with van der Waals surface area (Å²) in [4.78, 5) is 4.21. The van der Waals surface area contributed by atoms with E-state index in [-0.39, 0.29) is 35.8 Å². The molecule has 0 amide bonds. The summed E-state index contributed by atoms with van der Waals surface area (Å²) in [7, 11) is -1.62. The van der Waals surface area contributed by atoms with Crippen molar-refractivity contribution in [2.45, 2.75) is 52.5 Å². The van der Waals surface area contributed by atoms with Crippen molar-refractivity contribution >= 4 is 40.0 Å². The zero-order valence-corrected chi connectivity index (χ0v) is 19.5. The molecule has 0 bridgehead atoms. The summed E-state index contributed by atoms with van der Waals surface area (Å²) in [5.74, 6) is 1.33. The smallest absolute Gasteiger partial charge is 0.216 e. The maximum absolute atomic E-state index is 12.2. The third-order valence-corrected chi connectivity index (χ3v) is 5.08. The van der Waals surface area contributed by atoms with E-state index in [1.807, 2.05) is 38.1 Å². The van der Waals surface area contributed by atoms with Crippen LogP contribution < -0.4 is 15.4 Å². The molecular formula is C18H33IN4O2S. The molecule has 0 aliphatic heterocycles. The van der Waals surface area contributed by atoms with Crippen molar-refractivity contribution in [2.75, 3.05) is 13.6 Å². The van der Waals surface area contributed by atoms with Gasteiger partial charge in [0, 0.05) is 26.2 Å². The average Bonchev–Trinajstić information content (AvgIpc) is 2.50. The number of rotatable bonds is 9. The molecule has 1 aromatic rings. The number of hydrogen-bond acceptors (Lipinski definition) is 3. The van der Waals surface area contributed by atoms with Gasteiger partial charge >= 0.3 is 0 Å². The van der Waals surface area contributed by atoms with Crippen molar-refractivity contribution in [3.8, 4) is 0 Å². The van der Waals surface area contributed by atoms with Crippen LogP contribution in [0.25, 0.3) is 0 Å². The number of guanidine groups is 1. The molecule has 0 atom stereocenters. The van der Waals surface area contributed by atoms with Crippen LogP contribution in [0, 0.1) is 5.92 Å². The molecule has 6 nitrogen and oxygen atoms in total. The normalized spacial score (nSPS) is 12.2. The molecule has 0 saturated carbocycles. The molecule has 1 rings (SSSR count). The van der Waals surface area contributed by atoms with E-state index < -0.39 is 10.0 Å². The maximum Gasteiger partial charge on any atom is 0.216 e. The van der Waals surface area contributed by atoms with Crippen LogP contribution in [0.3, 0.4) is 0 Å². The standard InChI is InChI=1S/C18H32N4O2S.HI/c1-14(2)10-11-20-18(19-5)21-12-16-8-6-7-9-17(16)13-25(23,24)22-15(3)4;/h6-9,14-15,22H,10-13H2,1-5H3,(H2,19,20,21);1H. The summed E-state index contributed by atoms with van der Waals surface area (Å²) in [6.45, 7) is 9.37. The Hall–Kier alpha value is -0.870. The fraction of sp³-hybridized carbons (Fsp3) is 0.611. The van der Waals surface area contributed by atoms with Crippen LogP contribution in [-0.4, -0.2) is 34.0 Å². The zero-order chi connectivity index (χ0) is 18.9. The third-order valence-electron chi connectivity index (χ3n) is 3.56. The van der Waals surface area contributed by atoms with Crippen LogP contribution in [-0.2, 0) is 22.3 Å². The van der Waals surface area contributed by atoms with Crippen LogP contribution >= 0.6 is 24.0 Å². The summed E-state index contributed by atoms with van der Waals surface area (Å²) < 4.78 is 27.0. The van der Waals surface area contributed by atoms with Crippen molar-refractivity contribution < 1.29 is 8.42 Å². The van der Waals surface area contributed by atoms with Crippen molar-refractivity contribution in [3.05, 3.63) is 35.4 Å². The Balaban J connectivity index is 0.00000625. The van der Waals surface area contributed by atoms with Crippen LogP contribution in [0.1, 0.15) is 45.2 Å². The predicted molar refractivity (Wildman–Crippen MR) is 120 cm³/mol. The molecule has 0 fully saturated rings. The highest BCUT2D eigenvalue weighted by atomic mass is 127. The Bertz CT molecular complexity index is 661. The second-order valence-electron chi connectivity index (χ2n) is 6.84. The van der Waals surface area contributed by atoms with Gasteiger partial charge in [0.25, 0.3) is 0 Å². The Morgan fingerprint density at radius 3 is 2.23 bits per heavy atom. The predicted octanol–water partition coefficient (Wildman–Crippen LogP) is 2.84. The van der Waals surface area contributed by atoms with Crippen molar-refractivity contribution in [1.82, 2.24) is 15.4 Å². The van der Waals surface area contributed by atoms with E-state index in [1.54, 1.807) is 7.05 Å². The molecule has 150 valence electrons. The number of halogens is 1. The topological polar surface area (TPSA) is 82.6 Å². The summed E-state index contributed by atoms with van der Waals surface area (Å²) in [6, 6.07) is 7.46. The Labute approximate surface area is 175 Å². The van der Waals surface area contributed by atoms with Crippen molar-refractivity contribution in [1.29, 1.82) is 0 Å². The molecule has 0 saturated heterocycles. The van der Waals surface area contributed by atoms with Gasteiger partial charge in [-0.3, -0.25) is 4.99 Å². The van der Waals surface area contributed by atoms with Gasteiger partial charge < -0.3 is 10.6 Å². The zero-order valence-electron chi connectivity index (χ0n) is 16.4. The Morgan fingerprint density at radius 1 is 1.08 bits per heavy atom. The number of nitrogens with zero attached hydrogens (tertiary/aromatic N) is 1. The third kappa shape index (κ3) is 10.3. The number of nitrogens with one attached hydrogen (secondary N) is 3. The lowest BCUT2D eigenvalue weighted by atomic mass is 10.1. The van der Waals surface area contributed by atoms with Crippen LogP contribution in [0.4, 0.5) is 0 Å². The monoisotopic (exact) mass is 496 g/mol. The van der Waals surface area contributed by atoms with Crippen LogP contribution in [0.15, 0.2) is 29.3 Å². The lowest BCUT2D eigenvalue weighted by molar-refractivity contribution is 0.568. The van der Waals surface area contributed by atoms with Gasteiger partial charge in [-0.15, -0.1) is 24.0 Å². The quantitative estimate of drug-likeness (QED) is 0.279. The minimum Gasteiger partial charge on any atom is -0.356 e. The molecule has 0 aliphatic rings. The molecule has 0 heterocycles. The number of aliphatic imine (C=N–C) groups is 1. The van der Waals surface area contributed by atoms with Crippen molar-refractivity contribution in [2.24, 2.45) is 10.9 Å². The lowest BCUT2D eigenvalue weighted by Gasteiger charge is -2.15. The highest BCUT2D eigenvalue weighted by Gasteiger charge is 2.15. The first kappa shape index (κ1) is 25.1. The summed E-state index contributed by atoms with van der Waals surface area (Å²) >= 11 is 0. The van der Waals surface area contributed by atoms with E-state index in [4.69, 9.17) is 0 Å². The number of hydrogen-bond donors (Lipinski definition) is 3. The highest BCUT2D eigenvalue weighted by molar-refractivity contribution is 14.0. The first-order chi connectivity index (χ1) is 11.7. The van der Waals surface area contributed by atoms with E-state index in [0.29, 0.717) is 12.5 Å². The second kappa shape index (κ2) is 12.5. The molecule has 26 heavy (non-hydrogen) atoms. The SMILES string of the molecule is CN=C(NCCC(C)C)NCc1ccccc1CS(=O)(=O)NC(C)C.I. The van der Waals surface area contributed by atoms with E-state index in [1.165, 1.54) is 0 Å². The van der Waals surface area contributed by atoms with Crippen molar-refractivity contribution in [3.63, 3.8) is 0 Å². The summed E-state index contributed by atoms with van der Waals surface area (Å²) in [6.07, 6.45) is 1.07. The van der Waals surface area contributed by atoms with Gasteiger partial charge in [-0.05, 0) is 37.3 Å². The fourth-order valence-corrected chi connectivity index (χ4v) is 3.85. The fourth-order valence-electron chi connectivity index (χ4n) is 2.36. The Kier molecular flexibility index (Phi) is 12.1. The summed E-state index contributed by atoms with van der Waals surface area (Å²) in [5.41, 5.74) is 1.74. The lowest BCUT2D eigenvalue weighted by Crippen LogP contribution is -2.38. The second-order valence-corrected chi connectivity index (χ2v) is 8.59. The number of sulfonamides is 1. The molecule has 0 aliphatic carbocycles. The van der Waals surface area contributed by atoms with E-state index in [9.17, 15) is 8.42 Å². The Morgan fingerprint density at radius 2 is 1.69 bits per heavy atom. The maximum atomic E-state index is 12.2. The van der Waals surface area contributed by atoms with Gasteiger partial charge in [-0.2, -0.15) is 0 Å². The molecule has 8 heteroatoms. The van der Waals surface area contributed by atoms with Gasteiger partial charge in [0.2, 0.25) is 10.0 Å². The first-order valence-corrected chi connectivity index (χ1v) is 10.4. The van der Waals surface area contributed by atoms with Gasteiger partial charge in [0.15, 0.2) is 5.96 Å². The molecule has 0 spiro atoms. The van der Waals surface area contributed by atoms with Gasteiger partial charge in [0.1, 0.15) is 0 Å². The molecule has 0 unspecified atom stereocenters. The molecule has 1 aromatic carbocycles. The van der Waals surface area contributed by atoms with E-state index in [2.05, 4.69) is 34.2 Å². The molecule has 0 radical (unpaired) electrons. The number of benzene rings is 1. The average molecular weight is 496 g/mol. The van der Waals surface area contributed by atoms with Crippen LogP contribution in [0.2, 0.25) is 0 Å². The summed E-state index contributed by atoms with van der Waals surface area (Å²) in [5, 5.41) is 6.52. The van der Waals surface area contributed by atoms with Crippen LogP contribution in [0.5, 0.6) is 0 Å². The molecular weight excluding hydrogens is 463 g/mol. The molecule has 0 aromatic heterocycles. The van der Waals surface area contributed by atoms with E-state index in [0.717, 1.165) is 30.1 Å². The van der Waals surface area contributed by atoms with Gasteiger partial charge in [-0.25, -0.2) is 13.1 Å². The first-order valence-electron chi connectivity index (χ1n) is 8.74. The van der Waals surface area contributed by atoms with Gasteiger partial charge in [0.05, 0.1) is 5.75 Å². The highest BCUT2D eigenvalue weighted by Crippen LogP contribution is 2.12. The minimum absolute atomic E-state index is 0. The largest absolute Gasteiger partial charge is 0.356 e. The van der Waals surface area contributed by atoms with Gasteiger partial charge in [-0.1, -0.05) is 38.1 Å². The van der Waals surface area contributed by atoms with E-state index >= 15 is 0 Å².